The molecule has 1 aromatic rings. The molecule has 1 aliphatic heterocycles. The molecule has 0 amide bonds. The molecule has 1 fully saturated rings. The molecule has 0 aliphatic carbocycles. The molecule has 2 heterocycles. The summed E-state index contributed by atoms with van der Waals surface area (Å²) in [4.78, 5) is 5.81. The molecule has 0 aromatic carbocycles. The molecular formula is C14H17F3N4. The number of nitrogens with zero attached hydrogens (tertiary/aromatic N) is 3. The van der Waals surface area contributed by atoms with E-state index in [1.54, 1.807) is 0 Å². The van der Waals surface area contributed by atoms with Crippen LogP contribution in [-0.4, -0.2) is 35.6 Å². The summed E-state index contributed by atoms with van der Waals surface area (Å²) in [6, 6.07) is 4.03. The Balaban J connectivity index is 2.09. The number of anilines is 1. The summed E-state index contributed by atoms with van der Waals surface area (Å²) in [5, 5.41) is 11.8. The largest absolute Gasteiger partial charge is 0.433 e. The molecule has 1 aromatic heterocycles. The second-order valence-electron chi connectivity index (χ2n) is 5.18. The van der Waals surface area contributed by atoms with Crippen molar-refractivity contribution in [2.45, 2.75) is 32.0 Å². The van der Waals surface area contributed by atoms with Gasteiger partial charge in [-0.15, -0.1) is 0 Å². The fourth-order valence-electron chi connectivity index (χ4n) is 2.40. The van der Waals surface area contributed by atoms with Crippen molar-refractivity contribution in [3.63, 3.8) is 0 Å². The first-order valence-electron chi connectivity index (χ1n) is 6.88. The Bertz CT molecular complexity index is 530. The molecule has 1 N–H and O–H groups in total. The van der Waals surface area contributed by atoms with Crippen LogP contribution in [0.2, 0.25) is 0 Å². The summed E-state index contributed by atoms with van der Waals surface area (Å²) >= 11 is 0. The van der Waals surface area contributed by atoms with Gasteiger partial charge in [0.25, 0.3) is 0 Å². The maximum absolute atomic E-state index is 12.7. The van der Waals surface area contributed by atoms with Crippen LogP contribution in [0.3, 0.4) is 0 Å². The Hall–Kier alpha value is -1.81. The van der Waals surface area contributed by atoms with E-state index in [2.05, 4.69) is 15.2 Å². The van der Waals surface area contributed by atoms with Crippen molar-refractivity contribution >= 4 is 5.82 Å². The molecule has 0 bridgehead atoms. The van der Waals surface area contributed by atoms with Crippen LogP contribution in [0.1, 0.15) is 31.0 Å². The number of rotatable bonds is 4. The average Bonchev–Trinajstić information content (AvgIpc) is 2.97. The highest BCUT2D eigenvalue weighted by Crippen LogP contribution is 2.29. The molecule has 1 aliphatic rings. The molecule has 7 heteroatoms. The molecule has 1 unspecified atom stereocenters. The number of halogens is 3. The number of nitrogens with one attached hydrogen (secondary N) is 1. The van der Waals surface area contributed by atoms with E-state index >= 15 is 0 Å². The molecule has 2 rings (SSSR count). The van der Waals surface area contributed by atoms with Gasteiger partial charge in [-0.25, -0.2) is 4.98 Å². The van der Waals surface area contributed by atoms with Gasteiger partial charge in [-0.3, -0.25) is 4.90 Å². The SMILES string of the molecule is CC(CNc1nc(C(F)(F)F)ccc1C#N)N1CCCC1. The highest BCUT2D eigenvalue weighted by atomic mass is 19.4. The second-order valence-corrected chi connectivity index (χ2v) is 5.18. The van der Waals surface area contributed by atoms with Gasteiger partial charge in [-0.05, 0) is 45.0 Å². The molecule has 0 radical (unpaired) electrons. The van der Waals surface area contributed by atoms with E-state index in [-0.39, 0.29) is 17.4 Å². The fourth-order valence-corrected chi connectivity index (χ4v) is 2.40. The van der Waals surface area contributed by atoms with Crippen molar-refractivity contribution in [2.24, 2.45) is 0 Å². The highest BCUT2D eigenvalue weighted by molar-refractivity contribution is 5.52. The van der Waals surface area contributed by atoms with Gasteiger partial charge in [0, 0.05) is 12.6 Å². The van der Waals surface area contributed by atoms with E-state index in [1.165, 1.54) is 0 Å². The van der Waals surface area contributed by atoms with Gasteiger partial charge in [-0.2, -0.15) is 18.4 Å². The van der Waals surface area contributed by atoms with Crippen LogP contribution in [0, 0.1) is 11.3 Å². The topological polar surface area (TPSA) is 52.0 Å². The average molecular weight is 298 g/mol. The van der Waals surface area contributed by atoms with Crippen LogP contribution in [0.4, 0.5) is 19.0 Å². The highest BCUT2D eigenvalue weighted by Gasteiger charge is 2.33. The lowest BCUT2D eigenvalue weighted by Gasteiger charge is -2.24. The Kier molecular flexibility index (Phi) is 4.68. The van der Waals surface area contributed by atoms with Gasteiger partial charge < -0.3 is 5.32 Å². The van der Waals surface area contributed by atoms with E-state index in [1.807, 2.05) is 13.0 Å². The summed E-state index contributed by atoms with van der Waals surface area (Å²) in [6.45, 7) is 4.48. The number of aromatic nitrogens is 1. The van der Waals surface area contributed by atoms with Crippen LogP contribution >= 0.6 is 0 Å². The lowest BCUT2D eigenvalue weighted by atomic mass is 10.2. The van der Waals surface area contributed by atoms with Gasteiger partial charge in [0.05, 0.1) is 5.56 Å². The Morgan fingerprint density at radius 1 is 1.38 bits per heavy atom. The molecule has 114 valence electrons. The van der Waals surface area contributed by atoms with Crippen molar-refractivity contribution in [1.82, 2.24) is 9.88 Å². The first kappa shape index (κ1) is 15.6. The summed E-state index contributed by atoms with van der Waals surface area (Å²) < 4.78 is 38.0. The third-order valence-corrected chi connectivity index (χ3v) is 3.64. The van der Waals surface area contributed by atoms with Crippen molar-refractivity contribution in [3.05, 3.63) is 23.4 Å². The minimum atomic E-state index is -4.51. The fraction of sp³-hybridized carbons (Fsp3) is 0.571. The number of hydrogen-bond donors (Lipinski definition) is 1. The van der Waals surface area contributed by atoms with E-state index in [4.69, 9.17) is 5.26 Å². The number of hydrogen-bond acceptors (Lipinski definition) is 4. The van der Waals surface area contributed by atoms with Gasteiger partial charge in [-0.1, -0.05) is 0 Å². The molecule has 4 nitrogen and oxygen atoms in total. The van der Waals surface area contributed by atoms with Crippen molar-refractivity contribution in [2.75, 3.05) is 25.0 Å². The first-order valence-corrected chi connectivity index (χ1v) is 6.88. The number of alkyl halides is 3. The van der Waals surface area contributed by atoms with E-state index in [0.717, 1.165) is 38.1 Å². The predicted octanol–water partition coefficient (Wildman–Crippen LogP) is 2.87. The standard InChI is InChI=1S/C14H17F3N4/c1-10(21-6-2-3-7-21)9-19-13-11(8-18)4-5-12(20-13)14(15,16)17/h4-5,10H,2-3,6-7,9H2,1H3,(H,19,20). The summed E-state index contributed by atoms with van der Waals surface area (Å²) in [5.74, 6) is -0.00151. The summed E-state index contributed by atoms with van der Waals surface area (Å²) in [7, 11) is 0. The predicted molar refractivity (Wildman–Crippen MR) is 72.7 cm³/mol. The van der Waals surface area contributed by atoms with Crippen LogP contribution in [0.15, 0.2) is 12.1 Å². The molecule has 1 atom stereocenters. The lowest BCUT2D eigenvalue weighted by molar-refractivity contribution is -0.141. The minimum Gasteiger partial charge on any atom is -0.367 e. The Labute approximate surface area is 121 Å². The van der Waals surface area contributed by atoms with Gasteiger partial charge in [0.15, 0.2) is 0 Å². The molecule has 0 spiro atoms. The smallest absolute Gasteiger partial charge is 0.367 e. The molecule has 0 saturated carbocycles. The number of pyridine rings is 1. The zero-order valence-corrected chi connectivity index (χ0v) is 11.7. The lowest BCUT2D eigenvalue weighted by Crippen LogP contribution is -2.35. The number of nitriles is 1. The zero-order valence-electron chi connectivity index (χ0n) is 11.7. The molecular weight excluding hydrogens is 281 g/mol. The first-order chi connectivity index (χ1) is 9.91. The van der Waals surface area contributed by atoms with Crippen molar-refractivity contribution in [1.29, 1.82) is 5.26 Å². The van der Waals surface area contributed by atoms with Gasteiger partial charge >= 0.3 is 6.18 Å². The number of likely N-dealkylation sites (tertiary alicyclic amines) is 1. The van der Waals surface area contributed by atoms with Crippen LogP contribution < -0.4 is 5.32 Å². The van der Waals surface area contributed by atoms with E-state index in [9.17, 15) is 13.2 Å². The van der Waals surface area contributed by atoms with Crippen LogP contribution in [0.5, 0.6) is 0 Å². The molecule has 1 saturated heterocycles. The normalized spacial score (nSPS) is 17.5. The van der Waals surface area contributed by atoms with E-state index < -0.39 is 11.9 Å². The van der Waals surface area contributed by atoms with Crippen LogP contribution in [0.25, 0.3) is 0 Å². The Morgan fingerprint density at radius 3 is 2.62 bits per heavy atom. The third-order valence-electron chi connectivity index (χ3n) is 3.64. The van der Waals surface area contributed by atoms with Crippen molar-refractivity contribution < 1.29 is 13.2 Å². The quantitative estimate of drug-likeness (QED) is 0.928. The second kappa shape index (κ2) is 6.31. The Morgan fingerprint density at radius 2 is 2.05 bits per heavy atom. The summed E-state index contributed by atoms with van der Waals surface area (Å²) in [5.41, 5.74) is -0.866. The minimum absolute atomic E-state index is 0.00151. The van der Waals surface area contributed by atoms with Gasteiger partial charge in [0.2, 0.25) is 0 Å². The van der Waals surface area contributed by atoms with Gasteiger partial charge in [0.1, 0.15) is 17.6 Å². The summed E-state index contributed by atoms with van der Waals surface area (Å²) in [6.07, 6.45) is -2.21. The zero-order chi connectivity index (χ0) is 15.5. The monoisotopic (exact) mass is 298 g/mol. The maximum Gasteiger partial charge on any atom is 0.433 e. The van der Waals surface area contributed by atoms with Crippen molar-refractivity contribution in [3.8, 4) is 6.07 Å². The van der Waals surface area contributed by atoms with E-state index in [0.29, 0.717) is 6.54 Å². The van der Waals surface area contributed by atoms with Crippen LogP contribution in [-0.2, 0) is 6.18 Å². The molecule has 21 heavy (non-hydrogen) atoms. The third kappa shape index (κ3) is 3.85. The maximum atomic E-state index is 12.7.